The summed E-state index contributed by atoms with van der Waals surface area (Å²) < 4.78 is 106. The number of aliphatic carboxylic acids is 1. The van der Waals surface area contributed by atoms with Crippen LogP contribution in [0.1, 0.15) is 74.3 Å². The minimum Gasteiger partial charge on any atom is -0.496 e. The van der Waals surface area contributed by atoms with Crippen LogP contribution in [0.15, 0.2) is 60.9 Å². The molecule has 0 aliphatic rings. The average Bonchev–Trinajstić information content (AvgIpc) is 3.09. The van der Waals surface area contributed by atoms with Crippen LogP contribution in [0.2, 0.25) is 0 Å². The van der Waals surface area contributed by atoms with Gasteiger partial charge in [0.05, 0.1) is 50.5 Å². The Morgan fingerprint density at radius 1 is 0.792 bits per heavy atom. The normalized spacial score (nSPS) is 11.9. The number of alkyl halides is 6. The zero-order valence-corrected chi connectivity index (χ0v) is 30.1. The van der Waals surface area contributed by atoms with Gasteiger partial charge in [-0.05, 0) is 90.9 Å². The summed E-state index contributed by atoms with van der Waals surface area (Å²) in [4.78, 5) is 21.0. The second-order valence-corrected chi connectivity index (χ2v) is 12.8. The van der Waals surface area contributed by atoms with Crippen molar-refractivity contribution in [2.24, 2.45) is 0 Å². The molecular weight excluding hydrogens is 708 g/mol. The van der Waals surface area contributed by atoms with Crippen molar-refractivity contribution in [2.75, 3.05) is 25.7 Å². The molecule has 1 aromatic heterocycles. The first kappa shape index (κ1) is 40.6. The number of ether oxygens (including phenoxy) is 4. The third-order valence-electron chi connectivity index (χ3n) is 8.02. The van der Waals surface area contributed by atoms with Crippen LogP contribution in [0, 0.1) is 0 Å². The van der Waals surface area contributed by atoms with Gasteiger partial charge in [-0.1, -0.05) is 19.9 Å². The summed E-state index contributed by atoms with van der Waals surface area (Å²) in [5.41, 5.74) is -0.424. The molecule has 1 heterocycles. The molecule has 0 aliphatic carbocycles. The van der Waals surface area contributed by atoms with E-state index in [1.807, 2.05) is 45.9 Å². The van der Waals surface area contributed by atoms with E-state index in [4.69, 9.17) is 24.1 Å². The molecule has 15 heteroatoms. The van der Waals surface area contributed by atoms with Crippen LogP contribution in [-0.4, -0.2) is 48.0 Å². The maximum Gasteiger partial charge on any atom is 0.416 e. The lowest BCUT2D eigenvalue weighted by molar-refractivity contribution is -0.143. The molecule has 0 amide bonds. The van der Waals surface area contributed by atoms with Crippen molar-refractivity contribution in [1.82, 2.24) is 9.97 Å². The first-order valence-corrected chi connectivity index (χ1v) is 16.6. The van der Waals surface area contributed by atoms with Crippen molar-refractivity contribution in [3.8, 4) is 34.1 Å². The second-order valence-electron chi connectivity index (χ2n) is 12.8. The van der Waals surface area contributed by atoms with Crippen LogP contribution in [-0.2, 0) is 30.2 Å². The van der Waals surface area contributed by atoms with Gasteiger partial charge in [0.15, 0.2) is 17.2 Å². The molecule has 0 fully saturated rings. The number of halogens is 6. The number of nitrogens with zero attached hydrogens (tertiary/aromatic N) is 3. The van der Waals surface area contributed by atoms with Crippen molar-refractivity contribution >= 4 is 11.9 Å². The van der Waals surface area contributed by atoms with Gasteiger partial charge >= 0.3 is 18.3 Å². The number of carboxylic acids is 1. The van der Waals surface area contributed by atoms with Crippen LogP contribution in [0.4, 0.5) is 32.3 Å². The van der Waals surface area contributed by atoms with Gasteiger partial charge in [0, 0.05) is 25.1 Å². The summed E-state index contributed by atoms with van der Waals surface area (Å²) in [7, 11) is 2.96. The van der Waals surface area contributed by atoms with Gasteiger partial charge in [-0.15, -0.1) is 0 Å². The van der Waals surface area contributed by atoms with Crippen molar-refractivity contribution in [3.05, 3.63) is 88.7 Å². The van der Waals surface area contributed by atoms with Crippen LogP contribution in [0.25, 0.3) is 11.1 Å². The molecule has 0 saturated carbocycles. The number of carboxylic acid groups (broad SMARTS) is 1. The average molecular weight is 750 g/mol. The molecule has 4 aromatic rings. The predicted molar refractivity (Wildman–Crippen MR) is 186 cm³/mol. The Morgan fingerprint density at radius 2 is 1.42 bits per heavy atom. The maximum absolute atomic E-state index is 13.9. The summed E-state index contributed by atoms with van der Waals surface area (Å²) in [6, 6.07) is 10.6. The Labute approximate surface area is 303 Å². The van der Waals surface area contributed by atoms with Crippen LogP contribution in [0.5, 0.6) is 23.0 Å². The minimum absolute atomic E-state index is 0.0378. The number of benzene rings is 3. The fourth-order valence-corrected chi connectivity index (χ4v) is 5.48. The highest BCUT2D eigenvalue weighted by Gasteiger charge is 2.37. The minimum atomic E-state index is -5.05. The van der Waals surface area contributed by atoms with E-state index in [0.29, 0.717) is 46.1 Å². The molecule has 0 unspecified atom stereocenters. The molecule has 0 atom stereocenters. The largest absolute Gasteiger partial charge is 0.496 e. The van der Waals surface area contributed by atoms with E-state index < -0.39 is 36.0 Å². The van der Waals surface area contributed by atoms with Crippen LogP contribution >= 0.6 is 0 Å². The molecule has 286 valence electrons. The summed E-state index contributed by atoms with van der Waals surface area (Å²) >= 11 is 0. The smallest absolute Gasteiger partial charge is 0.416 e. The van der Waals surface area contributed by atoms with E-state index in [1.54, 1.807) is 12.1 Å². The summed E-state index contributed by atoms with van der Waals surface area (Å²) in [6.07, 6.45) is -7.68. The molecule has 0 radical (unpaired) electrons. The monoisotopic (exact) mass is 749 g/mol. The van der Waals surface area contributed by atoms with Gasteiger partial charge in [0.1, 0.15) is 5.75 Å². The topological polar surface area (TPSA) is 103 Å². The van der Waals surface area contributed by atoms with E-state index in [2.05, 4.69) is 9.97 Å². The number of rotatable bonds is 16. The van der Waals surface area contributed by atoms with Crippen molar-refractivity contribution in [3.63, 3.8) is 0 Å². The Kier molecular flexibility index (Phi) is 13.1. The number of carbonyl (C=O) groups is 1. The maximum atomic E-state index is 13.9. The van der Waals surface area contributed by atoms with Crippen molar-refractivity contribution < 1.29 is 55.2 Å². The molecular formula is C38H41F6N3O6. The van der Waals surface area contributed by atoms with Crippen molar-refractivity contribution in [1.29, 1.82) is 0 Å². The lowest BCUT2D eigenvalue weighted by Crippen LogP contribution is -2.25. The number of aromatic nitrogens is 2. The third-order valence-corrected chi connectivity index (χ3v) is 8.02. The fraction of sp³-hybridized carbons (Fsp3) is 0.395. The van der Waals surface area contributed by atoms with Gasteiger partial charge in [-0.25, -0.2) is 9.97 Å². The number of methoxy groups -OCH3 is 2. The highest BCUT2D eigenvalue weighted by atomic mass is 19.4. The van der Waals surface area contributed by atoms with Gasteiger partial charge in [-0.2, -0.15) is 26.3 Å². The first-order valence-electron chi connectivity index (χ1n) is 16.6. The van der Waals surface area contributed by atoms with Gasteiger partial charge in [0.25, 0.3) is 0 Å². The standard InChI is InChI=1S/C38H41F6N3O6/c1-22(2)25-9-10-32(50-5)31(14-25)30-17-34(53-23(3)4)33(51-6)15-26(30)21-47(36-45-18-29(19-46-36)52-11-7-8-35(48)49)20-24-12-27(37(39,40)41)16-28(13-24)38(42,43)44/h9-10,12-19,22-23H,7-8,11,20-21H2,1-6H3,(H,48,49). The van der Waals surface area contributed by atoms with E-state index >= 15 is 0 Å². The zero-order valence-electron chi connectivity index (χ0n) is 30.1. The molecule has 9 nitrogen and oxygen atoms in total. The van der Waals surface area contributed by atoms with Crippen LogP contribution in [0.3, 0.4) is 0 Å². The first-order chi connectivity index (χ1) is 24.9. The van der Waals surface area contributed by atoms with Gasteiger partial charge in [0.2, 0.25) is 5.95 Å². The molecule has 0 spiro atoms. The Bertz CT molecular complexity index is 1830. The summed E-state index contributed by atoms with van der Waals surface area (Å²) in [5, 5.41) is 8.89. The quantitative estimate of drug-likeness (QED) is 0.0886. The molecule has 53 heavy (non-hydrogen) atoms. The number of hydrogen-bond donors (Lipinski definition) is 1. The highest BCUT2D eigenvalue weighted by Crippen LogP contribution is 2.42. The Morgan fingerprint density at radius 3 is 1.94 bits per heavy atom. The summed E-state index contributed by atoms with van der Waals surface area (Å²) in [5.74, 6) is 0.531. The molecule has 1 N–H and O–H groups in total. The van der Waals surface area contributed by atoms with E-state index in [0.717, 1.165) is 5.56 Å². The third kappa shape index (κ3) is 10.9. The van der Waals surface area contributed by atoms with Gasteiger partial charge in [-0.3, -0.25) is 4.79 Å². The van der Waals surface area contributed by atoms with E-state index in [1.165, 1.54) is 31.5 Å². The lowest BCUT2D eigenvalue weighted by atomic mass is 9.93. The number of hydrogen-bond acceptors (Lipinski definition) is 8. The predicted octanol–water partition coefficient (Wildman–Crippen LogP) is 9.56. The fourth-order valence-electron chi connectivity index (χ4n) is 5.48. The van der Waals surface area contributed by atoms with E-state index in [9.17, 15) is 31.1 Å². The Hall–Kier alpha value is -5.21. The number of anilines is 1. The van der Waals surface area contributed by atoms with Gasteiger partial charge < -0.3 is 29.0 Å². The van der Waals surface area contributed by atoms with E-state index in [-0.39, 0.29) is 61.3 Å². The van der Waals surface area contributed by atoms with Crippen LogP contribution < -0.4 is 23.8 Å². The second kappa shape index (κ2) is 17.1. The molecule has 0 aliphatic heterocycles. The Balaban J connectivity index is 1.90. The molecule has 0 saturated heterocycles. The lowest BCUT2D eigenvalue weighted by Gasteiger charge is -2.27. The molecule has 4 rings (SSSR count). The summed E-state index contributed by atoms with van der Waals surface area (Å²) in [6.45, 7) is 7.19. The zero-order chi connectivity index (χ0) is 39.1. The highest BCUT2D eigenvalue weighted by molar-refractivity contribution is 5.77. The SMILES string of the molecule is COc1cc(CN(Cc2cc(C(F)(F)F)cc(C(F)(F)F)c2)c2ncc(OCCCC(=O)O)cn2)c(-c2cc(C(C)C)ccc2OC)cc1OC(C)C. The van der Waals surface area contributed by atoms with Crippen molar-refractivity contribution in [2.45, 2.75) is 78.0 Å². The molecule has 3 aromatic carbocycles. The molecule has 0 bridgehead atoms.